The summed E-state index contributed by atoms with van der Waals surface area (Å²) >= 11 is 4.51. The fraction of sp³-hybridized carbons (Fsp3) is 0.667. The van der Waals surface area contributed by atoms with Crippen LogP contribution in [0, 0.1) is 5.92 Å². The molecule has 1 unspecified atom stereocenters. The minimum atomic E-state index is -3.43. The van der Waals surface area contributed by atoms with Gasteiger partial charge in [0, 0.05) is 25.0 Å². The van der Waals surface area contributed by atoms with Crippen LogP contribution in [-0.4, -0.2) is 37.8 Å². The van der Waals surface area contributed by atoms with E-state index in [1.807, 2.05) is 6.92 Å². The molecular formula is C15H23BrN2O3S2. The molecule has 0 saturated carbocycles. The summed E-state index contributed by atoms with van der Waals surface area (Å²) in [5, 5.41) is 3.03. The minimum absolute atomic E-state index is 0.0573. The lowest BCUT2D eigenvalue weighted by atomic mass is 9.96. The third-order valence-electron chi connectivity index (χ3n) is 4.08. The molecule has 5 nitrogen and oxygen atoms in total. The second-order valence-electron chi connectivity index (χ2n) is 5.94. The molecule has 1 saturated heterocycles. The number of rotatable bonds is 6. The van der Waals surface area contributed by atoms with Crippen LogP contribution in [-0.2, 0) is 14.8 Å². The van der Waals surface area contributed by atoms with Crippen molar-refractivity contribution in [1.29, 1.82) is 0 Å². The molecule has 1 aromatic heterocycles. The lowest BCUT2D eigenvalue weighted by Crippen LogP contribution is -2.44. The van der Waals surface area contributed by atoms with Gasteiger partial charge >= 0.3 is 0 Å². The quantitative estimate of drug-likeness (QED) is 0.764. The third kappa shape index (κ3) is 4.78. The molecule has 1 aromatic rings. The first-order valence-corrected chi connectivity index (χ1v) is 11.0. The normalized spacial score (nSPS) is 18.7. The summed E-state index contributed by atoms with van der Waals surface area (Å²) in [6.07, 6.45) is 3.16. The van der Waals surface area contributed by atoms with E-state index >= 15 is 0 Å². The van der Waals surface area contributed by atoms with E-state index in [-0.39, 0.29) is 17.9 Å². The Morgan fingerprint density at radius 2 is 2.09 bits per heavy atom. The van der Waals surface area contributed by atoms with Crippen molar-refractivity contribution in [2.24, 2.45) is 5.92 Å². The van der Waals surface area contributed by atoms with Gasteiger partial charge in [0.1, 0.15) is 4.21 Å². The van der Waals surface area contributed by atoms with Gasteiger partial charge in [-0.15, -0.1) is 11.3 Å². The summed E-state index contributed by atoms with van der Waals surface area (Å²) in [5.74, 6) is -0.0299. The second kappa shape index (κ2) is 8.09. The van der Waals surface area contributed by atoms with Crippen LogP contribution < -0.4 is 5.32 Å². The van der Waals surface area contributed by atoms with Crippen LogP contribution >= 0.6 is 27.3 Å². The molecule has 1 fully saturated rings. The first kappa shape index (κ1) is 18.9. The minimum Gasteiger partial charge on any atom is -0.353 e. The van der Waals surface area contributed by atoms with Crippen LogP contribution in [0.2, 0.25) is 0 Å². The van der Waals surface area contributed by atoms with Gasteiger partial charge in [0.25, 0.3) is 10.0 Å². The van der Waals surface area contributed by atoms with Crippen LogP contribution in [0.15, 0.2) is 20.1 Å². The number of sulfonamides is 1. The SMILES string of the molecule is CCCC(C)NC(=O)C1CCN(S(=O)(=O)c2ccc(Br)s2)CC1. The zero-order valence-corrected chi connectivity index (χ0v) is 16.6. The van der Waals surface area contributed by atoms with E-state index in [2.05, 4.69) is 28.2 Å². The summed E-state index contributed by atoms with van der Waals surface area (Å²) in [6, 6.07) is 3.54. The lowest BCUT2D eigenvalue weighted by Gasteiger charge is -2.30. The highest BCUT2D eigenvalue weighted by molar-refractivity contribution is 9.11. The van der Waals surface area contributed by atoms with Crippen LogP contribution in [0.3, 0.4) is 0 Å². The van der Waals surface area contributed by atoms with Gasteiger partial charge in [0.2, 0.25) is 5.91 Å². The van der Waals surface area contributed by atoms with Crippen molar-refractivity contribution in [3.05, 3.63) is 15.9 Å². The summed E-state index contributed by atoms with van der Waals surface area (Å²) in [7, 11) is -3.43. The standard InChI is InChI=1S/C15H23BrN2O3S2/c1-3-4-11(2)17-15(19)12-7-9-18(10-8-12)23(20,21)14-6-5-13(16)22-14/h5-6,11-12H,3-4,7-10H2,1-2H3,(H,17,19). The molecule has 23 heavy (non-hydrogen) atoms. The van der Waals surface area contributed by atoms with Crippen molar-refractivity contribution in [2.75, 3.05) is 13.1 Å². The van der Waals surface area contributed by atoms with Crippen molar-refractivity contribution >= 4 is 43.2 Å². The Morgan fingerprint density at radius 3 is 2.61 bits per heavy atom. The Hall–Kier alpha value is -0.440. The number of halogens is 1. The van der Waals surface area contributed by atoms with Crippen molar-refractivity contribution < 1.29 is 13.2 Å². The highest BCUT2D eigenvalue weighted by Crippen LogP contribution is 2.30. The molecule has 0 spiro atoms. The topological polar surface area (TPSA) is 66.5 Å². The maximum atomic E-state index is 12.6. The number of nitrogens with one attached hydrogen (secondary N) is 1. The van der Waals surface area contributed by atoms with Crippen LogP contribution in [0.4, 0.5) is 0 Å². The van der Waals surface area contributed by atoms with Crippen molar-refractivity contribution in [1.82, 2.24) is 9.62 Å². The molecule has 0 bridgehead atoms. The van der Waals surface area contributed by atoms with Gasteiger partial charge in [0.05, 0.1) is 3.79 Å². The predicted molar refractivity (Wildman–Crippen MR) is 96.0 cm³/mol. The van der Waals surface area contributed by atoms with Crippen molar-refractivity contribution in [2.45, 2.75) is 49.8 Å². The Labute approximate surface area is 150 Å². The van der Waals surface area contributed by atoms with Crippen molar-refractivity contribution in [3.63, 3.8) is 0 Å². The molecule has 2 rings (SSSR count). The van der Waals surface area contributed by atoms with Crippen LogP contribution in [0.5, 0.6) is 0 Å². The van der Waals surface area contributed by atoms with E-state index in [1.54, 1.807) is 12.1 Å². The fourth-order valence-corrected chi connectivity index (χ4v) is 6.42. The average Bonchev–Trinajstić information content (AvgIpc) is 2.95. The summed E-state index contributed by atoms with van der Waals surface area (Å²) < 4.78 is 27.8. The largest absolute Gasteiger partial charge is 0.353 e. The zero-order valence-electron chi connectivity index (χ0n) is 13.4. The van der Waals surface area contributed by atoms with Gasteiger partial charge in [-0.3, -0.25) is 4.79 Å². The molecule has 2 heterocycles. The molecule has 0 radical (unpaired) electrons. The van der Waals surface area contributed by atoms with Crippen LogP contribution in [0.25, 0.3) is 0 Å². The van der Waals surface area contributed by atoms with E-state index in [1.165, 1.54) is 15.6 Å². The first-order valence-electron chi connectivity index (χ1n) is 7.90. The van der Waals surface area contributed by atoms with E-state index in [4.69, 9.17) is 0 Å². The molecule has 8 heteroatoms. The number of piperidine rings is 1. The van der Waals surface area contributed by atoms with E-state index in [0.29, 0.717) is 30.1 Å². The van der Waals surface area contributed by atoms with Gasteiger partial charge in [-0.1, -0.05) is 13.3 Å². The summed E-state index contributed by atoms with van der Waals surface area (Å²) in [4.78, 5) is 12.2. The number of amides is 1. The lowest BCUT2D eigenvalue weighted by molar-refractivity contribution is -0.126. The maximum absolute atomic E-state index is 12.6. The average molecular weight is 423 g/mol. The van der Waals surface area contributed by atoms with E-state index in [9.17, 15) is 13.2 Å². The molecular weight excluding hydrogens is 400 g/mol. The summed E-state index contributed by atoms with van der Waals surface area (Å²) in [6.45, 7) is 4.90. The predicted octanol–water partition coefficient (Wildman–Crippen LogP) is 3.22. The Bertz CT molecular complexity index is 637. The van der Waals surface area contributed by atoms with Crippen LogP contribution in [0.1, 0.15) is 39.5 Å². The fourth-order valence-electron chi connectivity index (χ4n) is 2.79. The maximum Gasteiger partial charge on any atom is 0.252 e. The molecule has 0 aliphatic carbocycles. The molecule has 1 amide bonds. The highest BCUT2D eigenvalue weighted by Gasteiger charge is 2.33. The monoisotopic (exact) mass is 422 g/mol. The molecule has 1 atom stereocenters. The van der Waals surface area contributed by atoms with Gasteiger partial charge in [0.15, 0.2) is 0 Å². The number of hydrogen-bond donors (Lipinski definition) is 1. The summed E-state index contributed by atoms with van der Waals surface area (Å²) in [5.41, 5.74) is 0. The smallest absolute Gasteiger partial charge is 0.252 e. The molecule has 130 valence electrons. The Morgan fingerprint density at radius 1 is 1.43 bits per heavy atom. The number of hydrogen-bond acceptors (Lipinski definition) is 4. The highest BCUT2D eigenvalue weighted by atomic mass is 79.9. The van der Waals surface area contributed by atoms with Crippen molar-refractivity contribution in [3.8, 4) is 0 Å². The Kier molecular flexibility index (Phi) is 6.65. The molecule has 1 aliphatic heterocycles. The van der Waals surface area contributed by atoms with Gasteiger partial charge < -0.3 is 5.32 Å². The van der Waals surface area contributed by atoms with E-state index in [0.717, 1.165) is 16.6 Å². The third-order valence-corrected chi connectivity index (χ3v) is 8.07. The Balaban J connectivity index is 1.92. The number of nitrogens with zero attached hydrogens (tertiary/aromatic N) is 1. The van der Waals surface area contributed by atoms with Gasteiger partial charge in [-0.2, -0.15) is 4.31 Å². The first-order chi connectivity index (χ1) is 10.8. The second-order valence-corrected chi connectivity index (χ2v) is 10.6. The molecule has 1 aliphatic rings. The zero-order chi connectivity index (χ0) is 17.0. The molecule has 1 N–H and O–H groups in total. The number of thiophene rings is 1. The van der Waals surface area contributed by atoms with Gasteiger partial charge in [-0.05, 0) is 54.2 Å². The van der Waals surface area contributed by atoms with Gasteiger partial charge in [-0.25, -0.2) is 8.42 Å². The number of carbonyl (C=O) groups excluding carboxylic acids is 1. The number of carbonyl (C=O) groups is 1. The van der Waals surface area contributed by atoms with E-state index < -0.39 is 10.0 Å². The molecule has 0 aromatic carbocycles.